The van der Waals surface area contributed by atoms with Crippen molar-refractivity contribution in [2.45, 2.75) is 25.2 Å². The third-order valence-electron chi connectivity index (χ3n) is 10.7. The van der Waals surface area contributed by atoms with Crippen LogP contribution in [0.25, 0.3) is 44.9 Å². The predicted octanol–water partition coefficient (Wildman–Crippen LogP) is 8.11. The molecule has 0 unspecified atom stereocenters. The Morgan fingerprint density at radius 2 is 1.67 bits per heavy atom. The summed E-state index contributed by atoms with van der Waals surface area (Å²) in [5.41, 5.74) is 2.62. The highest BCUT2D eigenvalue weighted by atomic mass is 35.5. The third kappa shape index (κ3) is 9.21. The van der Waals surface area contributed by atoms with Gasteiger partial charge in [0.2, 0.25) is 17.7 Å². The van der Waals surface area contributed by atoms with Crippen LogP contribution in [0.15, 0.2) is 102 Å². The van der Waals surface area contributed by atoms with Crippen LogP contribution in [0.1, 0.15) is 11.3 Å². The summed E-state index contributed by atoms with van der Waals surface area (Å²) >= 11 is 14.0. The van der Waals surface area contributed by atoms with E-state index in [4.69, 9.17) is 46.6 Å². The summed E-state index contributed by atoms with van der Waals surface area (Å²) in [6, 6.07) is 22.2. The molecule has 0 spiro atoms. The third-order valence-corrected chi connectivity index (χ3v) is 11.2. The summed E-state index contributed by atoms with van der Waals surface area (Å²) in [5, 5.41) is 31.9. The van der Waals surface area contributed by atoms with E-state index in [2.05, 4.69) is 29.7 Å². The SMILES string of the molecule is O=C(O)[C@H]1Cc2cc(ccc2OCc2ccnc(-c3ccccc3OO)n2)OC[C@@H](CN2CCN(O)CC2)Oc2c(Cl)cc(cc2Cl)-c2c(-c3ccc(F)cc3)oc3ncnc(c23)O1. The largest absolute Gasteiger partial charge is 0.490 e. The minimum absolute atomic E-state index is 0.00703. The van der Waals surface area contributed by atoms with Crippen molar-refractivity contribution in [3.8, 4) is 62.7 Å². The fourth-order valence-electron chi connectivity index (χ4n) is 7.53. The number of nitrogens with zero attached hydrogens (tertiary/aromatic N) is 6. The summed E-state index contributed by atoms with van der Waals surface area (Å²) in [6.07, 6.45) is 0.290. The summed E-state index contributed by atoms with van der Waals surface area (Å²) < 4.78 is 46.0. The molecule has 1 saturated heterocycles. The molecule has 328 valence electrons. The average molecular weight is 912 g/mol. The quantitative estimate of drug-likeness (QED) is 0.0927. The van der Waals surface area contributed by atoms with E-state index in [0.29, 0.717) is 77.7 Å². The smallest absolute Gasteiger partial charge is 0.345 e. The molecule has 16 nitrogen and oxygen atoms in total. The van der Waals surface area contributed by atoms with Gasteiger partial charge in [0.1, 0.15) is 54.1 Å². The van der Waals surface area contributed by atoms with Gasteiger partial charge in [-0.3, -0.25) is 4.90 Å². The molecule has 3 aromatic heterocycles. The molecule has 1 fully saturated rings. The lowest BCUT2D eigenvalue weighted by molar-refractivity contribution is -0.145. The zero-order chi connectivity index (χ0) is 44.3. The molecule has 0 radical (unpaired) electrons. The molecule has 3 aliphatic rings. The van der Waals surface area contributed by atoms with Crippen LogP contribution in [-0.4, -0.2) is 103 Å². The first-order chi connectivity index (χ1) is 31.1. The van der Waals surface area contributed by atoms with Crippen LogP contribution < -0.4 is 23.8 Å². The number of para-hydroxylation sites is 1. The fourth-order valence-corrected chi connectivity index (χ4v) is 8.11. The second-order valence-corrected chi connectivity index (χ2v) is 15.7. The van der Waals surface area contributed by atoms with Crippen molar-refractivity contribution >= 4 is 40.3 Å². The number of benzene rings is 4. The Bertz CT molecular complexity index is 2800. The van der Waals surface area contributed by atoms with E-state index in [1.165, 1.54) is 35.7 Å². The monoisotopic (exact) mass is 910 g/mol. The van der Waals surface area contributed by atoms with Crippen molar-refractivity contribution in [1.29, 1.82) is 0 Å². The minimum Gasteiger partial charge on any atom is -0.490 e. The van der Waals surface area contributed by atoms with Gasteiger partial charge in [0.25, 0.3) is 0 Å². The highest BCUT2D eigenvalue weighted by molar-refractivity contribution is 6.37. The van der Waals surface area contributed by atoms with Crippen molar-refractivity contribution in [3.05, 3.63) is 125 Å². The Morgan fingerprint density at radius 3 is 2.44 bits per heavy atom. The molecular formula is C45H37Cl2FN6O10. The summed E-state index contributed by atoms with van der Waals surface area (Å²) in [4.78, 5) is 37.5. The van der Waals surface area contributed by atoms with Crippen LogP contribution in [0.2, 0.25) is 10.0 Å². The van der Waals surface area contributed by atoms with E-state index in [-0.39, 0.29) is 69.7 Å². The molecule has 3 aliphatic heterocycles. The molecule has 4 aromatic carbocycles. The van der Waals surface area contributed by atoms with Gasteiger partial charge in [-0.1, -0.05) is 35.3 Å². The van der Waals surface area contributed by atoms with Crippen LogP contribution >= 0.6 is 23.2 Å². The summed E-state index contributed by atoms with van der Waals surface area (Å²) in [6.45, 7) is 2.31. The van der Waals surface area contributed by atoms with Crippen molar-refractivity contribution in [2.75, 3.05) is 39.3 Å². The number of rotatable bonds is 9. The van der Waals surface area contributed by atoms with Gasteiger partial charge in [-0.2, -0.15) is 5.06 Å². The molecular weight excluding hydrogens is 874 g/mol. The second-order valence-electron chi connectivity index (χ2n) is 14.9. The highest BCUT2D eigenvalue weighted by Crippen LogP contribution is 2.47. The van der Waals surface area contributed by atoms with Crippen LogP contribution in [0, 0.1) is 5.82 Å². The predicted molar refractivity (Wildman–Crippen MR) is 230 cm³/mol. The first kappa shape index (κ1) is 42.7. The summed E-state index contributed by atoms with van der Waals surface area (Å²) in [7, 11) is 0. The molecule has 0 amide bonds. The molecule has 10 rings (SSSR count). The molecule has 0 aliphatic carbocycles. The van der Waals surface area contributed by atoms with E-state index >= 15 is 0 Å². The van der Waals surface area contributed by atoms with Gasteiger partial charge in [0, 0.05) is 62.0 Å². The van der Waals surface area contributed by atoms with E-state index in [0.717, 1.165) is 0 Å². The highest BCUT2D eigenvalue weighted by Gasteiger charge is 2.31. The minimum atomic E-state index is -1.56. The molecule has 19 heteroatoms. The standard InChI is InChI=1S/C45H37Cl2FN6O10/c46-33-18-27-19-34(47)41(33)61-31(21-53-13-15-54(57)16-14-53)23-59-30-9-10-35(60-22-29-11-12-49-42(52-29)32-3-1-2-4-36(32)64-58)26(17-30)20-37(45(55)56)62-43-39-38(27)40(63-44(39)51-24-50-43)25-5-7-28(48)8-6-25/h1-12,17-19,24,31,37,57-58H,13-16,20-23H2,(H,55,56)/t31-,37-/m1/s1. The van der Waals surface area contributed by atoms with E-state index < -0.39 is 24.0 Å². The number of carboxylic acid groups (broad SMARTS) is 1. The normalized spacial score (nSPS) is 17.0. The lowest BCUT2D eigenvalue weighted by Gasteiger charge is -2.33. The zero-order valence-corrected chi connectivity index (χ0v) is 35.1. The number of fused-ring (bicyclic) bond motifs is 7. The first-order valence-corrected chi connectivity index (χ1v) is 20.7. The lowest BCUT2D eigenvalue weighted by Crippen LogP contribution is -2.49. The average Bonchev–Trinajstić information content (AvgIpc) is 3.70. The number of piperazine rings is 1. The van der Waals surface area contributed by atoms with Gasteiger partial charge in [0.15, 0.2) is 17.3 Å². The maximum absolute atomic E-state index is 14.2. The van der Waals surface area contributed by atoms with Gasteiger partial charge in [-0.05, 0) is 78.4 Å². The number of carboxylic acids is 1. The maximum Gasteiger partial charge on any atom is 0.345 e. The van der Waals surface area contributed by atoms with Crippen molar-refractivity contribution in [2.24, 2.45) is 0 Å². The van der Waals surface area contributed by atoms with Crippen LogP contribution in [0.4, 0.5) is 4.39 Å². The number of aromatic nitrogens is 4. The number of hydrogen-bond acceptors (Lipinski definition) is 15. The summed E-state index contributed by atoms with van der Waals surface area (Å²) in [5.74, 6) is -0.364. The van der Waals surface area contributed by atoms with Crippen LogP contribution in [0.3, 0.4) is 0 Å². The van der Waals surface area contributed by atoms with Crippen molar-refractivity contribution in [1.82, 2.24) is 29.9 Å². The van der Waals surface area contributed by atoms with Crippen molar-refractivity contribution in [3.63, 3.8) is 0 Å². The Kier molecular flexibility index (Phi) is 12.4. The molecule has 2 atom stereocenters. The fraction of sp³-hybridized carbons (Fsp3) is 0.222. The Labute approximate surface area is 373 Å². The van der Waals surface area contributed by atoms with E-state index in [1.807, 2.05) is 0 Å². The molecule has 64 heavy (non-hydrogen) atoms. The number of aliphatic carboxylic acids is 1. The number of hydrogen-bond donors (Lipinski definition) is 3. The topological polar surface area (TPSA) is 195 Å². The Hall–Kier alpha value is -6.60. The maximum atomic E-state index is 14.2. The first-order valence-electron chi connectivity index (χ1n) is 20.0. The number of halogens is 3. The van der Waals surface area contributed by atoms with Gasteiger partial charge < -0.3 is 38.6 Å². The van der Waals surface area contributed by atoms with Gasteiger partial charge >= 0.3 is 5.97 Å². The van der Waals surface area contributed by atoms with Gasteiger partial charge in [0.05, 0.1) is 21.3 Å². The number of hydroxylamine groups is 2. The molecule has 3 N–H and O–H groups in total. The van der Waals surface area contributed by atoms with Gasteiger partial charge in [-0.25, -0.2) is 34.4 Å². The Morgan fingerprint density at radius 1 is 0.891 bits per heavy atom. The van der Waals surface area contributed by atoms with E-state index in [9.17, 15) is 24.8 Å². The lowest BCUT2D eigenvalue weighted by atomic mass is 9.99. The number of furan rings is 1. The van der Waals surface area contributed by atoms with Crippen LogP contribution in [0.5, 0.6) is 28.9 Å². The van der Waals surface area contributed by atoms with Gasteiger partial charge in [-0.15, -0.1) is 0 Å². The number of ether oxygens (including phenoxy) is 4. The second kappa shape index (κ2) is 18.6. The molecule has 4 bridgehead atoms. The van der Waals surface area contributed by atoms with Crippen molar-refractivity contribution < 1.29 is 53.0 Å². The zero-order valence-electron chi connectivity index (χ0n) is 33.6. The van der Waals surface area contributed by atoms with E-state index in [1.54, 1.807) is 66.9 Å². The molecule has 0 saturated carbocycles. The van der Waals surface area contributed by atoms with Crippen LogP contribution in [-0.2, 0) is 17.8 Å². The number of carbonyl (C=O) groups is 1. The molecule has 6 heterocycles. The Balaban J connectivity index is 1.13. The molecule has 7 aromatic rings.